The van der Waals surface area contributed by atoms with Gasteiger partial charge in [0, 0.05) is 0 Å². The fraction of sp³-hybridized carbons (Fsp3) is 0.692. The molecule has 0 aliphatic rings. The van der Waals surface area contributed by atoms with E-state index >= 15 is 0 Å². The van der Waals surface area contributed by atoms with E-state index in [2.05, 4.69) is 72.7 Å². The number of hydrogen-bond acceptors (Lipinski definition) is 0. The quantitative estimate of drug-likeness (QED) is 0.150. The van der Waals surface area contributed by atoms with Gasteiger partial charge in [0.1, 0.15) is 0 Å². The van der Waals surface area contributed by atoms with Gasteiger partial charge in [-0.3, -0.25) is 0 Å². The van der Waals surface area contributed by atoms with Crippen LogP contribution in [0.4, 0.5) is 0 Å². The van der Waals surface area contributed by atoms with Crippen molar-refractivity contribution < 1.29 is 0 Å². The molecule has 0 saturated heterocycles. The van der Waals surface area contributed by atoms with Crippen molar-refractivity contribution in [1.82, 2.24) is 0 Å². The molecule has 0 heteroatoms. The summed E-state index contributed by atoms with van der Waals surface area (Å²) in [4.78, 5) is 0. The third kappa shape index (κ3) is 10.4. The summed E-state index contributed by atoms with van der Waals surface area (Å²) >= 11 is 0. The molecule has 0 aliphatic carbocycles. The summed E-state index contributed by atoms with van der Waals surface area (Å²) in [5.74, 6) is 0.568. The van der Waals surface area contributed by atoms with Gasteiger partial charge in [-0.25, -0.2) is 0 Å². The van der Waals surface area contributed by atoms with Crippen molar-refractivity contribution in [3.63, 3.8) is 0 Å². The maximum Gasteiger partial charge on any atom is -0.0147 e. The van der Waals surface area contributed by atoms with Gasteiger partial charge in [0.25, 0.3) is 0 Å². The second-order valence-corrected chi connectivity index (χ2v) is 12.3. The third-order valence-corrected chi connectivity index (χ3v) is 8.97. The normalized spacial score (nSPS) is 12.3. The first-order valence-electron chi connectivity index (χ1n) is 17.3. The Morgan fingerprint density at radius 3 is 1.21 bits per heavy atom. The first-order valence-corrected chi connectivity index (χ1v) is 17.3. The van der Waals surface area contributed by atoms with Crippen LogP contribution in [0.5, 0.6) is 0 Å². The van der Waals surface area contributed by atoms with E-state index in [0.29, 0.717) is 5.92 Å². The molecule has 0 saturated carbocycles. The van der Waals surface area contributed by atoms with Crippen LogP contribution in [-0.2, 0) is 44.9 Å². The lowest BCUT2D eigenvalue weighted by atomic mass is 9.80. The van der Waals surface area contributed by atoms with E-state index in [1.54, 1.807) is 44.5 Å². The van der Waals surface area contributed by atoms with Crippen molar-refractivity contribution in [3.8, 4) is 0 Å². The van der Waals surface area contributed by atoms with Crippen LogP contribution in [0.1, 0.15) is 176 Å². The van der Waals surface area contributed by atoms with Gasteiger partial charge in [-0.15, -0.1) is 0 Å². The Kier molecular flexibility index (Phi) is 16.8. The maximum absolute atomic E-state index is 2.55. The molecule has 2 aromatic rings. The first kappa shape index (κ1) is 33.6. The van der Waals surface area contributed by atoms with Gasteiger partial charge in [-0.05, 0) is 134 Å². The van der Waals surface area contributed by atoms with Crippen LogP contribution in [0, 0.1) is 0 Å². The number of hydrogen-bond donors (Lipinski definition) is 0. The fourth-order valence-electron chi connectivity index (χ4n) is 6.49. The molecule has 2 aromatic carbocycles. The Balaban J connectivity index is 2.54. The van der Waals surface area contributed by atoms with Gasteiger partial charge in [-0.1, -0.05) is 111 Å². The summed E-state index contributed by atoms with van der Waals surface area (Å²) in [6.07, 6.45) is 24.3. The van der Waals surface area contributed by atoms with Crippen molar-refractivity contribution in [2.45, 2.75) is 176 Å². The van der Waals surface area contributed by atoms with E-state index in [1.807, 2.05) is 0 Å². The zero-order valence-electron chi connectivity index (χ0n) is 27.3. The Bertz CT molecular complexity index is 934. The van der Waals surface area contributed by atoms with E-state index in [1.165, 1.54) is 122 Å². The summed E-state index contributed by atoms with van der Waals surface area (Å²) in [5.41, 5.74) is 13.5. The molecule has 0 bridgehead atoms. The fourth-order valence-corrected chi connectivity index (χ4v) is 6.49. The molecule has 2 rings (SSSR count). The zero-order chi connectivity index (χ0) is 28.5. The molecule has 1 atom stereocenters. The largest absolute Gasteiger partial charge is 0.0654 e. The summed E-state index contributed by atoms with van der Waals surface area (Å²) in [7, 11) is 0. The van der Waals surface area contributed by atoms with Crippen molar-refractivity contribution in [3.05, 3.63) is 68.8 Å². The molecule has 0 spiro atoms. The highest BCUT2D eigenvalue weighted by atomic mass is 14.2. The summed E-state index contributed by atoms with van der Waals surface area (Å²) < 4.78 is 0. The van der Waals surface area contributed by atoms with Crippen LogP contribution in [0.2, 0.25) is 0 Å². The predicted molar refractivity (Wildman–Crippen MR) is 177 cm³/mol. The van der Waals surface area contributed by atoms with Crippen molar-refractivity contribution >= 4 is 0 Å². The highest BCUT2D eigenvalue weighted by molar-refractivity contribution is 5.46. The molecular formula is C39H64. The van der Waals surface area contributed by atoms with E-state index in [4.69, 9.17) is 0 Å². The molecular weight excluding hydrogens is 468 g/mol. The highest BCUT2D eigenvalue weighted by Gasteiger charge is 2.20. The Labute approximate surface area is 244 Å². The number of rotatable bonds is 21. The summed E-state index contributed by atoms with van der Waals surface area (Å²) in [6, 6.07) is 10.1. The number of benzene rings is 2. The predicted octanol–water partition coefficient (Wildman–Crippen LogP) is 12.1. The van der Waals surface area contributed by atoms with Crippen LogP contribution < -0.4 is 0 Å². The average molecular weight is 533 g/mol. The molecule has 39 heavy (non-hydrogen) atoms. The number of aryl methyl sites for hydroxylation is 2. The van der Waals surface area contributed by atoms with Crippen LogP contribution in [0.3, 0.4) is 0 Å². The van der Waals surface area contributed by atoms with Gasteiger partial charge in [0.2, 0.25) is 0 Å². The van der Waals surface area contributed by atoms with Gasteiger partial charge in [-0.2, -0.15) is 0 Å². The molecule has 0 radical (unpaired) electrons. The van der Waals surface area contributed by atoms with Crippen LogP contribution in [0.25, 0.3) is 0 Å². The van der Waals surface area contributed by atoms with Gasteiger partial charge in [0.15, 0.2) is 0 Å². The SMILES string of the molecule is CCCCc1ccc(CC(C)c2ccc(CCCC)c(CCCC)c2CCCC)c(CCCC)c1CCCC. The minimum atomic E-state index is 0.568. The maximum atomic E-state index is 2.55. The Morgan fingerprint density at radius 1 is 0.410 bits per heavy atom. The standard InChI is InChI=1S/C39H64/c1-8-14-20-32-26-27-34(38(24-18-12-5)36(32)22-16-10-3)30-31(7)35-29-28-33(21-15-9-2)37(23-17-11-4)39(35)25-19-13-6/h26-29,31H,8-25,30H2,1-7H3. The molecule has 0 aliphatic heterocycles. The van der Waals surface area contributed by atoms with Gasteiger partial charge >= 0.3 is 0 Å². The smallest absolute Gasteiger partial charge is 0.0147 e. The van der Waals surface area contributed by atoms with E-state index in [-0.39, 0.29) is 0 Å². The van der Waals surface area contributed by atoms with Crippen LogP contribution >= 0.6 is 0 Å². The molecule has 0 aromatic heterocycles. The van der Waals surface area contributed by atoms with Crippen molar-refractivity contribution in [1.29, 1.82) is 0 Å². The molecule has 0 heterocycles. The summed E-state index contributed by atoms with van der Waals surface area (Å²) in [6.45, 7) is 16.6. The van der Waals surface area contributed by atoms with E-state index in [0.717, 1.165) is 0 Å². The monoisotopic (exact) mass is 533 g/mol. The lowest BCUT2D eigenvalue weighted by Gasteiger charge is -2.25. The molecule has 220 valence electrons. The average Bonchev–Trinajstić information content (AvgIpc) is 2.95. The molecule has 1 unspecified atom stereocenters. The highest BCUT2D eigenvalue weighted by Crippen LogP contribution is 2.34. The second kappa shape index (κ2) is 19.5. The summed E-state index contributed by atoms with van der Waals surface area (Å²) in [5, 5.41) is 0. The van der Waals surface area contributed by atoms with Crippen molar-refractivity contribution in [2.24, 2.45) is 0 Å². The lowest BCUT2D eigenvalue weighted by molar-refractivity contribution is 0.687. The van der Waals surface area contributed by atoms with E-state index in [9.17, 15) is 0 Å². The van der Waals surface area contributed by atoms with Gasteiger partial charge < -0.3 is 0 Å². The molecule has 0 amide bonds. The Morgan fingerprint density at radius 2 is 0.744 bits per heavy atom. The molecule has 0 nitrogen and oxygen atoms in total. The van der Waals surface area contributed by atoms with Gasteiger partial charge in [0.05, 0.1) is 0 Å². The Hall–Kier alpha value is -1.56. The van der Waals surface area contributed by atoms with Crippen molar-refractivity contribution in [2.75, 3.05) is 0 Å². The topological polar surface area (TPSA) is 0 Å². The van der Waals surface area contributed by atoms with Crippen LogP contribution in [0.15, 0.2) is 24.3 Å². The first-order chi connectivity index (χ1) is 19.1. The minimum absolute atomic E-state index is 0.568. The number of unbranched alkanes of at least 4 members (excludes halogenated alkanes) is 6. The lowest BCUT2D eigenvalue weighted by Crippen LogP contribution is -2.12. The minimum Gasteiger partial charge on any atom is -0.0654 e. The van der Waals surface area contributed by atoms with Crippen LogP contribution in [-0.4, -0.2) is 0 Å². The second-order valence-electron chi connectivity index (χ2n) is 12.3. The molecule has 0 N–H and O–H groups in total. The molecule has 0 fully saturated rings. The zero-order valence-corrected chi connectivity index (χ0v) is 27.3. The third-order valence-electron chi connectivity index (χ3n) is 8.97. The van der Waals surface area contributed by atoms with E-state index < -0.39 is 0 Å².